The third-order valence-corrected chi connectivity index (χ3v) is 2.13. The molecule has 0 aromatic carbocycles. The molecule has 0 saturated heterocycles. The molecule has 2 N–H and O–H groups in total. The molecule has 0 fully saturated rings. The molecule has 0 aliphatic rings. The Morgan fingerprint density at radius 1 is 1.62 bits per heavy atom. The van der Waals surface area contributed by atoms with Gasteiger partial charge in [-0.05, 0) is 19.8 Å². The average molecular weight is 185 g/mol. The minimum Gasteiger partial charge on any atom is -0.300 e. The highest BCUT2D eigenvalue weighted by Crippen LogP contribution is 2.16. The fourth-order valence-corrected chi connectivity index (χ4v) is 1.24. The number of hydrogen-bond donors (Lipinski definition) is 2. The van der Waals surface area contributed by atoms with E-state index >= 15 is 0 Å². The van der Waals surface area contributed by atoms with Crippen molar-refractivity contribution in [3.05, 3.63) is 12.3 Å². The lowest BCUT2D eigenvalue weighted by molar-refractivity contribution is -0.121. The van der Waals surface area contributed by atoms with Gasteiger partial charge in [-0.2, -0.15) is 0 Å². The summed E-state index contributed by atoms with van der Waals surface area (Å²) in [7, 11) is 0. The van der Waals surface area contributed by atoms with E-state index in [0.29, 0.717) is 12.1 Å². The largest absolute Gasteiger partial charge is 0.300 e. The highest BCUT2D eigenvalue weighted by molar-refractivity contribution is 5.78. The first-order chi connectivity index (χ1) is 6.11. The number of hydroxylamine groups is 1. The Morgan fingerprint density at radius 3 is 2.62 bits per heavy atom. The summed E-state index contributed by atoms with van der Waals surface area (Å²) in [6.07, 6.45) is 3.55. The number of allylic oxidation sites excluding steroid dienone is 1. The van der Waals surface area contributed by atoms with E-state index in [0.717, 1.165) is 19.3 Å². The van der Waals surface area contributed by atoms with E-state index in [9.17, 15) is 4.79 Å². The fraction of sp³-hybridized carbons (Fsp3) is 0.700. The van der Waals surface area contributed by atoms with Crippen LogP contribution in [0.25, 0.3) is 0 Å². The molecule has 3 nitrogen and oxygen atoms in total. The molecule has 76 valence electrons. The van der Waals surface area contributed by atoms with Gasteiger partial charge < -0.3 is 0 Å². The summed E-state index contributed by atoms with van der Waals surface area (Å²) < 4.78 is 0. The van der Waals surface area contributed by atoms with Crippen molar-refractivity contribution in [2.24, 2.45) is 5.92 Å². The molecule has 0 rings (SSSR count). The van der Waals surface area contributed by atoms with Gasteiger partial charge >= 0.3 is 0 Å². The number of hydrogen-bond acceptors (Lipinski definition) is 3. The predicted octanol–water partition coefficient (Wildman–Crippen LogP) is 2.26. The van der Waals surface area contributed by atoms with Crippen LogP contribution >= 0.6 is 0 Å². The van der Waals surface area contributed by atoms with Crippen LogP contribution < -0.4 is 5.48 Å². The summed E-state index contributed by atoms with van der Waals surface area (Å²) in [5.74, 6) is 0.178. The summed E-state index contributed by atoms with van der Waals surface area (Å²) in [5.41, 5.74) is 2.49. The first kappa shape index (κ1) is 12.2. The van der Waals surface area contributed by atoms with E-state index < -0.39 is 0 Å². The number of unbranched alkanes of at least 4 members (excludes halogenated alkanes) is 1. The number of Topliss-reactive ketones (excluding diaryl/α,β-unsaturated/α-hetero) is 1. The van der Waals surface area contributed by atoms with Crippen molar-refractivity contribution in [2.75, 3.05) is 0 Å². The fourth-order valence-electron chi connectivity index (χ4n) is 1.24. The molecule has 0 radical (unpaired) electrons. The van der Waals surface area contributed by atoms with Crippen LogP contribution in [-0.4, -0.2) is 11.0 Å². The van der Waals surface area contributed by atoms with E-state index in [1.165, 1.54) is 0 Å². The lowest BCUT2D eigenvalue weighted by Gasteiger charge is -2.13. The number of carbonyl (C=O) groups excluding carboxylic acids is 1. The molecule has 0 amide bonds. The zero-order chi connectivity index (χ0) is 10.3. The molecule has 0 aliphatic carbocycles. The molecule has 0 spiro atoms. The molecule has 0 aromatic heterocycles. The summed E-state index contributed by atoms with van der Waals surface area (Å²) >= 11 is 0. The number of carbonyl (C=O) groups is 1. The Balaban J connectivity index is 3.94. The van der Waals surface area contributed by atoms with Gasteiger partial charge in [0, 0.05) is 11.6 Å². The van der Waals surface area contributed by atoms with Crippen molar-refractivity contribution >= 4 is 5.78 Å². The van der Waals surface area contributed by atoms with Crippen LogP contribution in [0.2, 0.25) is 0 Å². The summed E-state index contributed by atoms with van der Waals surface area (Å²) in [4.78, 5) is 11.2. The second-order valence-corrected chi connectivity index (χ2v) is 3.37. The first-order valence-corrected chi connectivity index (χ1v) is 4.70. The van der Waals surface area contributed by atoms with E-state index in [1.807, 2.05) is 5.48 Å². The van der Waals surface area contributed by atoms with E-state index in [-0.39, 0.29) is 11.7 Å². The topological polar surface area (TPSA) is 49.3 Å². The third-order valence-electron chi connectivity index (χ3n) is 2.13. The Labute approximate surface area is 79.8 Å². The van der Waals surface area contributed by atoms with Crippen molar-refractivity contribution in [2.45, 2.75) is 39.5 Å². The van der Waals surface area contributed by atoms with Crippen molar-refractivity contribution < 1.29 is 10.0 Å². The van der Waals surface area contributed by atoms with Gasteiger partial charge in [0.05, 0.1) is 0 Å². The highest BCUT2D eigenvalue weighted by atomic mass is 16.5. The first-order valence-electron chi connectivity index (χ1n) is 4.70. The monoisotopic (exact) mass is 185 g/mol. The van der Waals surface area contributed by atoms with Gasteiger partial charge in [-0.15, -0.1) is 0 Å². The van der Waals surface area contributed by atoms with Gasteiger partial charge in [0.25, 0.3) is 0 Å². The minimum absolute atomic E-state index is 0.00657. The molecule has 1 atom stereocenters. The number of rotatable bonds is 7. The quantitative estimate of drug-likeness (QED) is 0.598. The number of nitrogens with one attached hydrogen (secondary N) is 1. The molecule has 0 saturated carbocycles. The minimum atomic E-state index is 0.00657. The van der Waals surface area contributed by atoms with E-state index in [4.69, 9.17) is 5.21 Å². The molecule has 1 unspecified atom stereocenters. The zero-order valence-electron chi connectivity index (χ0n) is 8.47. The van der Waals surface area contributed by atoms with Crippen molar-refractivity contribution in [3.63, 3.8) is 0 Å². The summed E-state index contributed by atoms with van der Waals surface area (Å²) in [5, 5.41) is 8.53. The zero-order valence-corrected chi connectivity index (χ0v) is 8.47. The Morgan fingerprint density at radius 2 is 2.23 bits per heavy atom. The van der Waals surface area contributed by atoms with Crippen LogP contribution in [-0.2, 0) is 4.79 Å². The smallest absolute Gasteiger partial charge is 0.133 e. The van der Waals surface area contributed by atoms with Gasteiger partial charge in [-0.1, -0.05) is 26.3 Å². The van der Waals surface area contributed by atoms with Crippen LogP contribution in [0.3, 0.4) is 0 Å². The van der Waals surface area contributed by atoms with Gasteiger partial charge in [0.15, 0.2) is 0 Å². The highest BCUT2D eigenvalue weighted by Gasteiger charge is 2.14. The molecular weight excluding hydrogens is 166 g/mol. The van der Waals surface area contributed by atoms with Gasteiger partial charge in [-0.3, -0.25) is 15.5 Å². The lowest BCUT2D eigenvalue weighted by Crippen LogP contribution is -2.16. The van der Waals surface area contributed by atoms with Crippen molar-refractivity contribution in [1.29, 1.82) is 0 Å². The maximum atomic E-state index is 11.2. The second-order valence-electron chi connectivity index (χ2n) is 3.37. The SMILES string of the molecule is C=C(CC(CCCC)C(C)=O)NO. The normalized spacial score (nSPS) is 12.2. The molecular formula is C10H19NO2. The number of ketones is 1. The molecule has 3 heteroatoms. The van der Waals surface area contributed by atoms with E-state index in [2.05, 4.69) is 13.5 Å². The lowest BCUT2D eigenvalue weighted by atomic mass is 9.94. The second kappa shape index (κ2) is 6.66. The Hall–Kier alpha value is -0.830. The van der Waals surface area contributed by atoms with Gasteiger partial charge in [0.1, 0.15) is 5.78 Å². The van der Waals surface area contributed by atoms with Crippen molar-refractivity contribution in [1.82, 2.24) is 5.48 Å². The average Bonchev–Trinajstić information content (AvgIpc) is 2.11. The van der Waals surface area contributed by atoms with Crippen LogP contribution in [0, 0.1) is 5.92 Å². The van der Waals surface area contributed by atoms with Gasteiger partial charge in [0.2, 0.25) is 0 Å². The Bertz CT molecular complexity index is 178. The molecule has 0 bridgehead atoms. The molecule has 0 aliphatic heterocycles. The Kier molecular flexibility index (Phi) is 6.24. The maximum Gasteiger partial charge on any atom is 0.133 e. The van der Waals surface area contributed by atoms with Crippen molar-refractivity contribution in [3.8, 4) is 0 Å². The standard InChI is InChI=1S/C10H19NO2/c1-4-5-6-10(9(3)12)7-8(2)11-13/h10-11,13H,2,4-7H2,1,3H3. The predicted molar refractivity (Wildman–Crippen MR) is 52.4 cm³/mol. The molecule has 0 heterocycles. The maximum absolute atomic E-state index is 11.2. The molecule has 13 heavy (non-hydrogen) atoms. The molecule has 0 aromatic rings. The van der Waals surface area contributed by atoms with E-state index in [1.54, 1.807) is 6.92 Å². The summed E-state index contributed by atoms with van der Waals surface area (Å²) in [6.45, 7) is 7.27. The third kappa shape index (κ3) is 5.42. The van der Waals surface area contributed by atoms with Crippen LogP contribution in [0.5, 0.6) is 0 Å². The van der Waals surface area contributed by atoms with Crippen LogP contribution in [0.4, 0.5) is 0 Å². The summed E-state index contributed by atoms with van der Waals surface area (Å²) in [6, 6.07) is 0. The van der Waals surface area contributed by atoms with Crippen LogP contribution in [0.15, 0.2) is 12.3 Å². The van der Waals surface area contributed by atoms with Gasteiger partial charge in [-0.25, -0.2) is 0 Å². The van der Waals surface area contributed by atoms with Crippen LogP contribution in [0.1, 0.15) is 39.5 Å².